The van der Waals surface area contributed by atoms with Crippen LogP contribution in [0.3, 0.4) is 0 Å². The number of nitrogens with one attached hydrogen (secondary N) is 1. The molecule has 0 radical (unpaired) electrons. The largest absolute Gasteiger partial charge is 0.464 e. The van der Waals surface area contributed by atoms with Crippen LogP contribution < -0.4 is 10.2 Å². The third-order valence-electron chi connectivity index (χ3n) is 4.14. The van der Waals surface area contributed by atoms with E-state index in [1.807, 2.05) is 37.3 Å². The number of carbonyl (C=O) groups excluding carboxylic acids is 3. The van der Waals surface area contributed by atoms with Crippen LogP contribution in [-0.4, -0.2) is 49.7 Å². The molecule has 0 unspecified atom stereocenters. The van der Waals surface area contributed by atoms with Gasteiger partial charge in [0, 0.05) is 32.1 Å². The van der Waals surface area contributed by atoms with E-state index in [1.54, 1.807) is 13.8 Å². The molecule has 0 aliphatic heterocycles. The van der Waals surface area contributed by atoms with Crippen molar-refractivity contribution in [3.05, 3.63) is 42.5 Å². The van der Waals surface area contributed by atoms with Crippen molar-refractivity contribution < 1.29 is 23.9 Å². The lowest BCUT2D eigenvalue weighted by Gasteiger charge is -2.30. The zero-order valence-electron chi connectivity index (χ0n) is 17.1. The van der Waals surface area contributed by atoms with Crippen molar-refractivity contribution in [3.8, 4) is 0 Å². The zero-order chi connectivity index (χ0) is 21.2. The molecule has 7 nitrogen and oxygen atoms in total. The molecule has 154 valence electrons. The van der Waals surface area contributed by atoms with Gasteiger partial charge in [-0.15, -0.1) is 6.58 Å². The molecule has 0 saturated carbocycles. The molecule has 0 heterocycles. The molecule has 28 heavy (non-hydrogen) atoms. The Bertz CT molecular complexity index is 667. The van der Waals surface area contributed by atoms with Gasteiger partial charge in [-0.05, 0) is 38.5 Å². The van der Waals surface area contributed by atoms with E-state index >= 15 is 0 Å². The Balaban J connectivity index is 3.26. The number of hydrogen-bond donors (Lipinski definition) is 1. The first-order valence-electron chi connectivity index (χ1n) is 9.42. The highest BCUT2D eigenvalue weighted by molar-refractivity contribution is 6.08. The van der Waals surface area contributed by atoms with E-state index in [1.165, 1.54) is 6.92 Å². The summed E-state index contributed by atoms with van der Waals surface area (Å²) in [7, 11) is 0. The topological polar surface area (TPSA) is 84.9 Å². The predicted molar refractivity (Wildman–Crippen MR) is 108 cm³/mol. The Morgan fingerprint density at radius 2 is 1.61 bits per heavy atom. The standard InChI is InChI=1S/C21H30N2O5/c1-6-14-23(7-2)18-12-10-17(11-13-18)15-21(22-16(5)24,19(25)27-8-3)20(26)28-9-4/h6,10-13H,1,7-9,14-15H2,2-5H3,(H,22,24). The second kappa shape index (κ2) is 11.1. The highest BCUT2D eigenvalue weighted by Gasteiger charge is 2.50. The maximum absolute atomic E-state index is 12.7. The highest BCUT2D eigenvalue weighted by atomic mass is 16.6. The minimum atomic E-state index is -1.93. The average molecular weight is 390 g/mol. The smallest absolute Gasteiger partial charge is 0.344 e. The fraction of sp³-hybridized carbons (Fsp3) is 0.476. The van der Waals surface area contributed by atoms with Crippen LogP contribution in [0.25, 0.3) is 0 Å². The number of rotatable bonds is 11. The number of likely N-dealkylation sites (N-methyl/N-ethyl adjacent to an activating group) is 1. The van der Waals surface area contributed by atoms with E-state index in [2.05, 4.69) is 16.8 Å². The Morgan fingerprint density at radius 1 is 1.07 bits per heavy atom. The van der Waals surface area contributed by atoms with Gasteiger partial charge in [0.1, 0.15) is 0 Å². The number of benzene rings is 1. The van der Waals surface area contributed by atoms with Crippen molar-refractivity contribution in [1.82, 2.24) is 5.32 Å². The van der Waals surface area contributed by atoms with Gasteiger partial charge in [-0.1, -0.05) is 18.2 Å². The van der Waals surface area contributed by atoms with Crippen LogP contribution in [0.4, 0.5) is 5.69 Å². The van der Waals surface area contributed by atoms with Gasteiger partial charge in [0.05, 0.1) is 13.2 Å². The van der Waals surface area contributed by atoms with E-state index in [9.17, 15) is 14.4 Å². The summed E-state index contributed by atoms with van der Waals surface area (Å²) < 4.78 is 10.2. The van der Waals surface area contributed by atoms with Gasteiger partial charge in [-0.3, -0.25) is 4.79 Å². The molecule has 0 atom stereocenters. The highest BCUT2D eigenvalue weighted by Crippen LogP contribution is 2.22. The summed E-state index contributed by atoms with van der Waals surface area (Å²) >= 11 is 0. The van der Waals surface area contributed by atoms with Gasteiger partial charge in [-0.25, -0.2) is 9.59 Å². The zero-order valence-corrected chi connectivity index (χ0v) is 17.1. The summed E-state index contributed by atoms with van der Waals surface area (Å²) in [6.45, 7) is 12.0. The number of carbonyl (C=O) groups is 3. The second-order valence-corrected chi connectivity index (χ2v) is 6.20. The lowest BCUT2D eigenvalue weighted by molar-refractivity contribution is -0.168. The van der Waals surface area contributed by atoms with Crippen molar-refractivity contribution in [2.45, 2.75) is 39.7 Å². The molecule has 1 aromatic rings. The van der Waals surface area contributed by atoms with Gasteiger partial charge in [0.2, 0.25) is 11.4 Å². The van der Waals surface area contributed by atoms with Crippen molar-refractivity contribution in [2.24, 2.45) is 0 Å². The van der Waals surface area contributed by atoms with E-state index in [-0.39, 0.29) is 19.6 Å². The average Bonchev–Trinajstić information content (AvgIpc) is 2.66. The summed E-state index contributed by atoms with van der Waals surface area (Å²) in [5, 5.41) is 2.47. The first kappa shape index (κ1) is 23.2. The molecule has 1 amide bonds. The third-order valence-corrected chi connectivity index (χ3v) is 4.14. The minimum Gasteiger partial charge on any atom is -0.464 e. The van der Waals surface area contributed by atoms with Crippen molar-refractivity contribution in [1.29, 1.82) is 0 Å². The van der Waals surface area contributed by atoms with Crippen molar-refractivity contribution in [3.63, 3.8) is 0 Å². The third kappa shape index (κ3) is 5.84. The Kier molecular flexibility index (Phi) is 9.21. The molecule has 0 aliphatic rings. The van der Waals surface area contributed by atoms with Gasteiger partial charge < -0.3 is 19.7 Å². The normalized spacial score (nSPS) is 10.7. The predicted octanol–water partition coefficient (Wildman–Crippen LogP) is 2.24. The van der Waals surface area contributed by atoms with Crippen molar-refractivity contribution >= 4 is 23.5 Å². The Morgan fingerprint density at radius 3 is 2.00 bits per heavy atom. The SMILES string of the molecule is C=CCN(CC)c1ccc(CC(NC(C)=O)(C(=O)OCC)C(=O)OCC)cc1. The van der Waals surface area contributed by atoms with Crippen LogP contribution in [-0.2, 0) is 30.3 Å². The molecule has 0 saturated heterocycles. The summed E-state index contributed by atoms with van der Waals surface area (Å²) in [6, 6.07) is 7.43. The first-order chi connectivity index (χ1) is 13.3. The van der Waals surface area contributed by atoms with Crippen LogP contribution >= 0.6 is 0 Å². The summed E-state index contributed by atoms with van der Waals surface area (Å²) in [6.07, 6.45) is 1.75. The van der Waals surface area contributed by atoms with Gasteiger partial charge in [0.25, 0.3) is 0 Å². The molecule has 0 fully saturated rings. The van der Waals surface area contributed by atoms with Crippen LogP contribution in [0, 0.1) is 0 Å². The van der Waals surface area contributed by atoms with Crippen LogP contribution in [0.15, 0.2) is 36.9 Å². The molecule has 1 rings (SSSR count). The van der Waals surface area contributed by atoms with Crippen molar-refractivity contribution in [2.75, 3.05) is 31.2 Å². The summed E-state index contributed by atoms with van der Waals surface area (Å²) in [5.74, 6) is -2.20. The van der Waals surface area contributed by atoms with Crippen LogP contribution in [0.2, 0.25) is 0 Å². The van der Waals surface area contributed by atoms with Gasteiger partial charge in [0.15, 0.2) is 0 Å². The van der Waals surface area contributed by atoms with E-state index in [0.29, 0.717) is 12.1 Å². The maximum atomic E-state index is 12.7. The fourth-order valence-electron chi connectivity index (χ4n) is 2.89. The molecular formula is C21H30N2O5. The molecule has 0 aromatic heterocycles. The number of esters is 2. The second-order valence-electron chi connectivity index (χ2n) is 6.20. The molecular weight excluding hydrogens is 360 g/mol. The van der Waals surface area contributed by atoms with E-state index in [4.69, 9.17) is 9.47 Å². The number of hydrogen-bond acceptors (Lipinski definition) is 6. The molecule has 1 aromatic carbocycles. The van der Waals surface area contributed by atoms with Gasteiger partial charge in [-0.2, -0.15) is 0 Å². The molecule has 1 N–H and O–H groups in total. The maximum Gasteiger partial charge on any atom is 0.344 e. The number of ether oxygens (including phenoxy) is 2. The quantitative estimate of drug-likeness (QED) is 0.354. The fourth-order valence-corrected chi connectivity index (χ4v) is 2.89. The monoisotopic (exact) mass is 390 g/mol. The Hall–Kier alpha value is -2.83. The molecule has 0 aliphatic carbocycles. The first-order valence-corrected chi connectivity index (χ1v) is 9.42. The summed E-state index contributed by atoms with van der Waals surface area (Å²) in [4.78, 5) is 39.2. The number of amides is 1. The van der Waals surface area contributed by atoms with E-state index in [0.717, 1.165) is 12.2 Å². The lowest BCUT2D eigenvalue weighted by Crippen LogP contribution is -2.62. The van der Waals surface area contributed by atoms with Gasteiger partial charge >= 0.3 is 11.9 Å². The molecule has 0 spiro atoms. The minimum absolute atomic E-state index is 0.0713. The lowest BCUT2D eigenvalue weighted by atomic mass is 9.90. The molecule has 7 heteroatoms. The van der Waals surface area contributed by atoms with E-state index < -0.39 is 23.4 Å². The molecule has 0 bridgehead atoms. The Labute approximate surface area is 166 Å². The van der Waals surface area contributed by atoms with Crippen LogP contribution in [0.1, 0.15) is 33.3 Å². The summed E-state index contributed by atoms with van der Waals surface area (Å²) in [5.41, 5.74) is -0.248. The number of anilines is 1. The number of nitrogens with zero attached hydrogens (tertiary/aromatic N) is 1. The van der Waals surface area contributed by atoms with Crippen LogP contribution in [0.5, 0.6) is 0 Å².